The van der Waals surface area contributed by atoms with Crippen LogP contribution in [-0.4, -0.2) is 67.0 Å². The number of carbonyl (C=O) groups is 3. The van der Waals surface area contributed by atoms with Crippen LogP contribution >= 0.6 is 0 Å². The van der Waals surface area contributed by atoms with Crippen LogP contribution in [0, 0.1) is 11.8 Å². The van der Waals surface area contributed by atoms with Crippen molar-refractivity contribution in [2.75, 3.05) is 18.4 Å². The zero-order valence-corrected chi connectivity index (χ0v) is 26.3. The predicted molar refractivity (Wildman–Crippen MR) is 170 cm³/mol. The third-order valence-electron chi connectivity index (χ3n) is 8.91. The number of anilines is 2. The fourth-order valence-corrected chi connectivity index (χ4v) is 6.08. The molecular weight excluding hydrogens is 629 g/mol. The maximum atomic E-state index is 14.1. The number of amides is 2. The Morgan fingerprint density at radius 1 is 1.00 bits per heavy atom. The molecule has 6 rings (SSSR count). The van der Waals surface area contributed by atoms with E-state index in [0.717, 1.165) is 16.4 Å². The van der Waals surface area contributed by atoms with Crippen molar-refractivity contribution < 1.29 is 27.6 Å². The second-order valence-corrected chi connectivity index (χ2v) is 12.4. The molecule has 0 aliphatic heterocycles. The van der Waals surface area contributed by atoms with Gasteiger partial charge in [-0.25, -0.2) is 14.6 Å². The van der Waals surface area contributed by atoms with Gasteiger partial charge in [0.2, 0.25) is 11.8 Å². The molecule has 1 aromatic carbocycles. The zero-order valence-electron chi connectivity index (χ0n) is 26.3. The van der Waals surface area contributed by atoms with Crippen LogP contribution in [-0.2, 0) is 17.4 Å². The lowest BCUT2D eigenvalue weighted by Crippen LogP contribution is -2.45. The van der Waals surface area contributed by atoms with Gasteiger partial charge in [0.15, 0.2) is 17.2 Å². The highest BCUT2D eigenvalue weighted by atomic mass is 19.4. The highest BCUT2D eigenvalue weighted by molar-refractivity contribution is 5.96. The van der Waals surface area contributed by atoms with Gasteiger partial charge in [-0.15, -0.1) is 0 Å². The van der Waals surface area contributed by atoms with Crippen molar-refractivity contribution in [1.82, 2.24) is 34.8 Å². The SMILES string of the molecule is CCc1cc(Nc2nccn3c(-c4cn(C(=O)C5CC(N)C5)nc4C(F)(F)F)cnc23)ccc1C(=O)NCCCNC(=O)C1CC(N)C1. The number of imidazole rings is 1. The lowest BCUT2D eigenvalue weighted by Gasteiger charge is -2.31. The van der Waals surface area contributed by atoms with Gasteiger partial charge < -0.3 is 27.4 Å². The molecule has 0 spiro atoms. The van der Waals surface area contributed by atoms with Gasteiger partial charge in [-0.2, -0.15) is 18.3 Å². The molecule has 16 heteroatoms. The summed E-state index contributed by atoms with van der Waals surface area (Å²) in [5, 5.41) is 12.6. The standard InChI is InChI=1S/C32H37F3N10O3/c1-2-17-14-22(4-5-23(17)30(47)40-7-3-6-39-29(46)18-10-20(36)11-18)42-27-28-41-15-25(44(28)9-8-38-27)24-16-45(43-26(24)32(33,34)35)31(48)19-12-21(37)13-19/h4-5,8-9,14-16,18-21H,2-3,6-7,10-13,36-37H2,1H3,(H,38,42)(H,39,46)(H,40,47). The smallest absolute Gasteiger partial charge is 0.356 e. The highest BCUT2D eigenvalue weighted by Crippen LogP contribution is 2.38. The highest BCUT2D eigenvalue weighted by Gasteiger charge is 2.41. The Morgan fingerprint density at radius 2 is 1.71 bits per heavy atom. The molecular formula is C32H37F3N10O3. The zero-order chi connectivity index (χ0) is 34.2. The molecule has 2 saturated carbocycles. The van der Waals surface area contributed by atoms with Crippen molar-refractivity contribution >= 4 is 34.9 Å². The fraction of sp³-hybridized carbons (Fsp3) is 0.438. The Labute approximate surface area is 273 Å². The van der Waals surface area contributed by atoms with E-state index in [9.17, 15) is 27.6 Å². The van der Waals surface area contributed by atoms with Gasteiger partial charge in [-0.1, -0.05) is 6.92 Å². The van der Waals surface area contributed by atoms with Crippen LogP contribution in [0.1, 0.15) is 65.4 Å². The first-order valence-corrected chi connectivity index (χ1v) is 15.9. The van der Waals surface area contributed by atoms with Crippen LogP contribution in [0.15, 0.2) is 43.0 Å². The Hall–Kier alpha value is -4.83. The molecule has 2 aliphatic rings. The summed E-state index contributed by atoms with van der Waals surface area (Å²) in [6.45, 7) is 2.76. The summed E-state index contributed by atoms with van der Waals surface area (Å²) in [6.07, 6.45) is 3.79. The summed E-state index contributed by atoms with van der Waals surface area (Å²) >= 11 is 0. The third kappa shape index (κ3) is 6.75. The predicted octanol–water partition coefficient (Wildman–Crippen LogP) is 3.27. The van der Waals surface area contributed by atoms with Gasteiger partial charge in [0.25, 0.3) is 5.91 Å². The van der Waals surface area contributed by atoms with E-state index < -0.39 is 23.7 Å². The number of hydrogen-bond donors (Lipinski definition) is 5. The lowest BCUT2D eigenvalue weighted by molar-refractivity contribution is -0.140. The number of aromatic nitrogens is 5. The largest absolute Gasteiger partial charge is 0.435 e. The van der Waals surface area contributed by atoms with Gasteiger partial charge in [-0.3, -0.25) is 18.8 Å². The first-order valence-electron chi connectivity index (χ1n) is 15.9. The minimum atomic E-state index is -4.82. The summed E-state index contributed by atoms with van der Waals surface area (Å²) < 4.78 is 44.4. The maximum Gasteiger partial charge on any atom is 0.435 e. The maximum absolute atomic E-state index is 14.1. The van der Waals surface area contributed by atoms with E-state index in [1.54, 1.807) is 18.2 Å². The Balaban J connectivity index is 1.15. The van der Waals surface area contributed by atoms with Crippen LogP contribution in [0.2, 0.25) is 0 Å². The molecule has 48 heavy (non-hydrogen) atoms. The number of nitrogens with one attached hydrogen (secondary N) is 3. The summed E-state index contributed by atoms with van der Waals surface area (Å²) in [7, 11) is 0. The summed E-state index contributed by atoms with van der Waals surface area (Å²) in [5.41, 5.74) is 12.2. The van der Waals surface area contributed by atoms with Gasteiger partial charge >= 0.3 is 6.18 Å². The van der Waals surface area contributed by atoms with Crippen molar-refractivity contribution in [2.45, 2.75) is 63.7 Å². The first kappa shape index (κ1) is 33.1. The monoisotopic (exact) mass is 666 g/mol. The summed E-state index contributed by atoms with van der Waals surface area (Å²) in [6, 6.07) is 5.15. The Kier molecular flexibility index (Phi) is 9.20. The number of halogens is 3. The van der Waals surface area contributed by atoms with Crippen molar-refractivity contribution in [3.63, 3.8) is 0 Å². The van der Waals surface area contributed by atoms with E-state index in [1.807, 2.05) is 6.92 Å². The number of hydrogen-bond acceptors (Lipinski definition) is 9. The third-order valence-corrected chi connectivity index (χ3v) is 8.91. The molecule has 0 bridgehead atoms. The number of benzene rings is 1. The molecule has 3 aromatic heterocycles. The number of nitrogens with two attached hydrogens (primary N) is 2. The molecule has 2 fully saturated rings. The van der Waals surface area contributed by atoms with E-state index in [4.69, 9.17) is 11.5 Å². The number of fused-ring (bicyclic) bond motifs is 1. The van der Waals surface area contributed by atoms with E-state index in [-0.39, 0.29) is 52.5 Å². The quantitative estimate of drug-likeness (QED) is 0.150. The Morgan fingerprint density at radius 3 is 2.40 bits per heavy atom. The molecule has 2 aliphatic carbocycles. The number of aryl methyl sites for hydroxylation is 1. The normalized spacial score (nSPS) is 20.5. The number of rotatable bonds is 11. The van der Waals surface area contributed by atoms with Crippen LogP contribution in [0.25, 0.3) is 16.9 Å². The van der Waals surface area contributed by atoms with Crippen LogP contribution in [0.4, 0.5) is 24.7 Å². The molecule has 0 atom stereocenters. The molecule has 7 N–H and O–H groups in total. The van der Waals surface area contributed by atoms with E-state index in [0.29, 0.717) is 62.9 Å². The number of alkyl halides is 3. The van der Waals surface area contributed by atoms with Gasteiger partial charge in [0.05, 0.1) is 17.5 Å². The van der Waals surface area contributed by atoms with E-state index in [2.05, 4.69) is 31.0 Å². The number of carbonyl (C=O) groups excluding carboxylic acids is 3. The molecule has 4 aromatic rings. The second kappa shape index (κ2) is 13.4. The first-order chi connectivity index (χ1) is 22.9. The minimum absolute atomic E-state index is 0.0000235. The van der Waals surface area contributed by atoms with E-state index >= 15 is 0 Å². The molecule has 0 saturated heterocycles. The summed E-state index contributed by atoms with van der Waals surface area (Å²) in [5.74, 6) is -0.999. The Bertz CT molecular complexity index is 1840. The van der Waals surface area contributed by atoms with Crippen molar-refractivity contribution in [2.24, 2.45) is 23.3 Å². The van der Waals surface area contributed by atoms with Gasteiger partial charge in [-0.05, 0) is 62.3 Å². The van der Waals surface area contributed by atoms with Gasteiger partial charge in [0.1, 0.15) is 0 Å². The molecule has 3 heterocycles. The molecule has 13 nitrogen and oxygen atoms in total. The average Bonchev–Trinajstić information content (AvgIpc) is 3.66. The van der Waals surface area contributed by atoms with Crippen molar-refractivity contribution in [1.29, 1.82) is 0 Å². The number of nitrogens with zero attached hydrogens (tertiary/aromatic N) is 5. The van der Waals surface area contributed by atoms with Crippen LogP contribution < -0.4 is 27.4 Å². The van der Waals surface area contributed by atoms with Crippen LogP contribution in [0.3, 0.4) is 0 Å². The molecule has 2 amide bonds. The van der Waals surface area contributed by atoms with E-state index in [1.165, 1.54) is 23.0 Å². The van der Waals surface area contributed by atoms with Gasteiger partial charge in [0, 0.05) is 66.9 Å². The minimum Gasteiger partial charge on any atom is -0.356 e. The lowest BCUT2D eigenvalue weighted by atomic mass is 9.80. The average molecular weight is 667 g/mol. The topological polar surface area (TPSA) is 187 Å². The van der Waals surface area contributed by atoms with Crippen LogP contribution in [0.5, 0.6) is 0 Å². The van der Waals surface area contributed by atoms with Crippen molar-refractivity contribution in [3.05, 3.63) is 59.8 Å². The molecule has 0 radical (unpaired) electrons. The molecule has 0 unspecified atom stereocenters. The summed E-state index contributed by atoms with van der Waals surface area (Å²) in [4.78, 5) is 46.5. The van der Waals surface area contributed by atoms with Crippen molar-refractivity contribution in [3.8, 4) is 11.3 Å². The molecule has 254 valence electrons. The fourth-order valence-electron chi connectivity index (χ4n) is 6.08. The second-order valence-electron chi connectivity index (χ2n) is 12.4.